The summed E-state index contributed by atoms with van der Waals surface area (Å²) in [7, 11) is -3.98. The summed E-state index contributed by atoms with van der Waals surface area (Å²) in [6.07, 6.45) is 0. The summed E-state index contributed by atoms with van der Waals surface area (Å²) in [6.45, 7) is 8.40. The van der Waals surface area contributed by atoms with E-state index in [1.54, 1.807) is 24.3 Å². The van der Waals surface area contributed by atoms with Crippen molar-refractivity contribution in [1.82, 2.24) is 4.72 Å². The van der Waals surface area contributed by atoms with Crippen LogP contribution >= 0.6 is 0 Å². The molecule has 2 aromatic carbocycles. The summed E-state index contributed by atoms with van der Waals surface area (Å²) in [6, 6.07) is 12.4. The molecular weight excluding hydrogens is 430 g/mol. The highest BCUT2D eigenvalue weighted by atomic mass is 32.2. The lowest BCUT2D eigenvalue weighted by Crippen LogP contribution is -2.46. The van der Waals surface area contributed by atoms with Crippen molar-refractivity contribution in [3.05, 3.63) is 54.1 Å². The van der Waals surface area contributed by atoms with Crippen LogP contribution in [-0.4, -0.2) is 58.4 Å². The summed E-state index contributed by atoms with van der Waals surface area (Å²) in [4.78, 5) is 14.8. The monoisotopic (exact) mass is 461 g/mol. The maximum atomic E-state index is 12.7. The molecule has 3 N–H and O–H groups in total. The zero-order valence-corrected chi connectivity index (χ0v) is 19.5. The van der Waals surface area contributed by atoms with Gasteiger partial charge in [0, 0.05) is 24.5 Å². The summed E-state index contributed by atoms with van der Waals surface area (Å²) < 4.78 is 33.1. The van der Waals surface area contributed by atoms with Gasteiger partial charge >= 0.3 is 0 Å². The van der Waals surface area contributed by atoms with Crippen molar-refractivity contribution in [2.45, 2.75) is 37.1 Å². The van der Waals surface area contributed by atoms with Crippen molar-refractivity contribution in [1.29, 1.82) is 0 Å². The lowest BCUT2D eigenvalue weighted by atomic mass is 9.87. The zero-order valence-electron chi connectivity index (χ0n) is 18.7. The van der Waals surface area contributed by atoms with Gasteiger partial charge in [-0.3, -0.25) is 4.79 Å². The fraction of sp³-hybridized carbons (Fsp3) is 0.435. The number of rotatable bonds is 7. The van der Waals surface area contributed by atoms with Gasteiger partial charge in [-0.15, -0.1) is 0 Å². The van der Waals surface area contributed by atoms with Crippen LogP contribution in [0.3, 0.4) is 0 Å². The molecule has 0 radical (unpaired) electrons. The number of aliphatic hydroxyl groups is 1. The van der Waals surface area contributed by atoms with E-state index in [1.807, 2.05) is 32.9 Å². The second-order valence-electron chi connectivity index (χ2n) is 8.77. The number of anilines is 2. The van der Waals surface area contributed by atoms with Gasteiger partial charge in [0.25, 0.3) is 0 Å². The van der Waals surface area contributed by atoms with Gasteiger partial charge in [-0.1, -0.05) is 32.9 Å². The smallest absolute Gasteiger partial charge is 0.244 e. The van der Waals surface area contributed by atoms with Crippen LogP contribution in [0.15, 0.2) is 53.4 Å². The number of amides is 1. The molecule has 0 saturated carbocycles. The van der Waals surface area contributed by atoms with E-state index in [1.165, 1.54) is 12.1 Å². The Morgan fingerprint density at radius 2 is 1.66 bits per heavy atom. The number of aliphatic hydroxyl groups excluding tert-OH is 1. The molecule has 1 heterocycles. The van der Waals surface area contributed by atoms with Crippen LogP contribution in [0.5, 0.6) is 0 Å². The fourth-order valence-corrected chi connectivity index (χ4v) is 4.56. The summed E-state index contributed by atoms with van der Waals surface area (Å²) in [5, 5.41) is 12.3. The van der Waals surface area contributed by atoms with Crippen LogP contribution in [-0.2, 0) is 25.0 Å². The van der Waals surface area contributed by atoms with E-state index in [0.29, 0.717) is 18.9 Å². The summed E-state index contributed by atoms with van der Waals surface area (Å²) >= 11 is 0. The number of ether oxygens (including phenoxy) is 1. The van der Waals surface area contributed by atoms with Gasteiger partial charge in [0.05, 0.1) is 24.7 Å². The van der Waals surface area contributed by atoms with E-state index >= 15 is 0 Å². The highest BCUT2D eigenvalue weighted by molar-refractivity contribution is 7.89. The molecule has 0 aromatic heterocycles. The number of benzene rings is 2. The van der Waals surface area contributed by atoms with Gasteiger partial charge in [0.1, 0.15) is 6.04 Å². The van der Waals surface area contributed by atoms with Crippen molar-refractivity contribution >= 4 is 27.3 Å². The highest BCUT2D eigenvalue weighted by Gasteiger charge is 2.26. The van der Waals surface area contributed by atoms with E-state index in [9.17, 15) is 18.3 Å². The van der Waals surface area contributed by atoms with Gasteiger partial charge in [-0.05, 0) is 47.4 Å². The van der Waals surface area contributed by atoms with Crippen LogP contribution in [0.2, 0.25) is 0 Å². The van der Waals surface area contributed by atoms with Gasteiger partial charge in [0.2, 0.25) is 15.9 Å². The second kappa shape index (κ2) is 9.99. The number of carbonyl (C=O) groups excluding carboxylic acids is 1. The van der Waals surface area contributed by atoms with Crippen molar-refractivity contribution in [2.75, 3.05) is 43.1 Å². The summed E-state index contributed by atoms with van der Waals surface area (Å²) in [5.74, 6) is -0.637. The minimum atomic E-state index is -3.98. The Hall–Kier alpha value is -2.46. The molecule has 0 bridgehead atoms. The Morgan fingerprint density at radius 1 is 1.06 bits per heavy atom. The largest absolute Gasteiger partial charge is 0.394 e. The van der Waals surface area contributed by atoms with E-state index in [4.69, 9.17) is 4.74 Å². The van der Waals surface area contributed by atoms with Crippen molar-refractivity contribution in [3.8, 4) is 0 Å². The highest BCUT2D eigenvalue weighted by Crippen LogP contribution is 2.23. The molecule has 1 amide bonds. The molecule has 1 aliphatic rings. The number of morpholine rings is 1. The Morgan fingerprint density at radius 3 is 2.19 bits per heavy atom. The molecular formula is C23H31N3O5S. The first-order valence-electron chi connectivity index (χ1n) is 10.6. The predicted octanol–water partition coefficient (Wildman–Crippen LogP) is 2.10. The van der Waals surface area contributed by atoms with E-state index in [0.717, 1.165) is 24.3 Å². The fourth-order valence-electron chi connectivity index (χ4n) is 3.37. The van der Waals surface area contributed by atoms with Gasteiger partial charge in [0.15, 0.2) is 0 Å². The van der Waals surface area contributed by atoms with Gasteiger partial charge in [-0.25, -0.2) is 8.42 Å². The van der Waals surface area contributed by atoms with Crippen LogP contribution in [0.1, 0.15) is 26.3 Å². The lowest BCUT2D eigenvalue weighted by molar-refractivity contribution is -0.118. The summed E-state index contributed by atoms with van der Waals surface area (Å²) in [5.41, 5.74) is 2.41. The Labute approximate surface area is 189 Å². The van der Waals surface area contributed by atoms with Crippen LogP contribution < -0.4 is 14.9 Å². The number of hydrogen-bond acceptors (Lipinski definition) is 6. The first-order chi connectivity index (χ1) is 15.1. The molecule has 9 heteroatoms. The molecule has 1 fully saturated rings. The molecule has 0 aliphatic carbocycles. The van der Waals surface area contributed by atoms with E-state index in [-0.39, 0.29) is 10.3 Å². The number of sulfonamides is 1. The third-order valence-electron chi connectivity index (χ3n) is 5.34. The standard InChI is InChI=1S/C23H31N3O5S/c1-23(2,3)17-4-10-20(11-5-17)32(29,30)25-21(16-27)22(28)24-18-6-8-19(9-7-18)26-12-14-31-15-13-26/h4-11,21,25,27H,12-16H2,1-3H3,(H,24,28). The number of nitrogens with zero attached hydrogens (tertiary/aromatic N) is 1. The van der Waals surface area contributed by atoms with E-state index < -0.39 is 28.6 Å². The first-order valence-corrected chi connectivity index (χ1v) is 12.1. The van der Waals surface area contributed by atoms with Gasteiger partial charge in [-0.2, -0.15) is 4.72 Å². The topological polar surface area (TPSA) is 108 Å². The minimum absolute atomic E-state index is 0.0339. The molecule has 0 spiro atoms. The Balaban J connectivity index is 1.65. The molecule has 32 heavy (non-hydrogen) atoms. The normalized spacial score (nSPS) is 15.9. The van der Waals surface area contributed by atoms with Crippen LogP contribution in [0.4, 0.5) is 11.4 Å². The number of hydrogen-bond donors (Lipinski definition) is 3. The number of carbonyl (C=O) groups is 1. The Bertz CT molecular complexity index is 1010. The third-order valence-corrected chi connectivity index (χ3v) is 6.83. The zero-order chi connectivity index (χ0) is 23.4. The Kier molecular flexibility index (Phi) is 7.55. The SMILES string of the molecule is CC(C)(C)c1ccc(S(=O)(=O)NC(CO)C(=O)Nc2ccc(N3CCOCC3)cc2)cc1. The molecule has 3 rings (SSSR count). The lowest BCUT2D eigenvalue weighted by Gasteiger charge is -2.29. The quantitative estimate of drug-likeness (QED) is 0.583. The maximum Gasteiger partial charge on any atom is 0.244 e. The number of nitrogens with one attached hydrogen (secondary N) is 2. The predicted molar refractivity (Wildman–Crippen MR) is 124 cm³/mol. The molecule has 1 aliphatic heterocycles. The van der Waals surface area contributed by atoms with Crippen molar-refractivity contribution in [2.24, 2.45) is 0 Å². The van der Waals surface area contributed by atoms with E-state index in [2.05, 4.69) is 14.9 Å². The van der Waals surface area contributed by atoms with Crippen molar-refractivity contribution in [3.63, 3.8) is 0 Å². The molecule has 2 aromatic rings. The molecule has 8 nitrogen and oxygen atoms in total. The second-order valence-corrected chi connectivity index (χ2v) is 10.5. The average Bonchev–Trinajstić information content (AvgIpc) is 2.78. The molecule has 1 unspecified atom stereocenters. The first kappa shape index (κ1) is 24.2. The molecule has 1 saturated heterocycles. The van der Waals surface area contributed by atoms with Gasteiger partial charge < -0.3 is 20.1 Å². The molecule has 174 valence electrons. The third kappa shape index (κ3) is 6.07. The minimum Gasteiger partial charge on any atom is -0.394 e. The van der Waals surface area contributed by atoms with Crippen LogP contribution in [0, 0.1) is 0 Å². The maximum absolute atomic E-state index is 12.7. The van der Waals surface area contributed by atoms with Crippen LogP contribution in [0.25, 0.3) is 0 Å². The average molecular weight is 462 g/mol. The molecule has 1 atom stereocenters. The van der Waals surface area contributed by atoms with Crippen molar-refractivity contribution < 1.29 is 23.1 Å².